The van der Waals surface area contributed by atoms with Crippen LogP contribution in [-0.4, -0.2) is 12.3 Å². The normalized spacial score (nSPS) is 10.6. The topological polar surface area (TPSA) is 38.3 Å². The van der Waals surface area contributed by atoms with Crippen LogP contribution in [0.1, 0.15) is 30.9 Å². The van der Waals surface area contributed by atoms with Gasteiger partial charge in [-0.15, -0.1) is 11.8 Å². The van der Waals surface area contributed by atoms with Gasteiger partial charge in [0.15, 0.2) is 0 Å². The van der Waals surface area contributed by atoms with Crippen molar-refractivity contribution in [1.82, 2.24) is 0 Å². The Morgan fingerprint density at radius 2 is 1.82 bits per heavy atom. The second-order valence-electron chi connectivity index (χ2n) is 5.44. The monoisotopic (exact) mass is 315 g/mol. The highest BCUT2D eigenvalue weighted by molar-refractivity contribution is 7.98. The fourth-order valence-electron chi connectivity index (χ4n) is 2.12. The van der Waals surface area contributed by atoms with Crippen molar-refractivity contribution >= 4 is 23.5 Å². The number of benzene rings is 2. The molecular weight excluding hydrogens is 294 g/mol. The third kappa shape index (κ3) is 4.28. The van der Waals surface area contributed by atoms with Crippen molar-refractivity contribution in [3.63, 3.8) is 0 Å². The van der Waals surface area contributed by atoms with Crippen LogP contribution in [0.2, 0.25) is 0 Å². The van der Waals surface area contributed by atoms with Crippen LogP contribution < -0.4 is 10.1 Å². The van der Waals surface area contributed by atoms with E-state index in [1.165, 1.54) is 0 Å². The molecule has 0 aromatic heterocycles. The maximum Gasteiger partial charge on any atom is 0.417 e. The van der Waals surface area contributed by atoms with Gasteiger partial charge in [-0.25, -0.2) is 4.79 Å². The minimum atomic E-state index is -0.468. The number of rotatable bonds is 4. The van der Waals surface area contributed by atoms with Crippen LogP contribution in [0.4, 0.5) is 10.5 Å². The molecule has 0 atom stereocenters. The van der Waals surface area contributed by atoms with E-state index >= 15 is 0 Å². The van der Waals surface area contributed by atoms with E-state index in [9.17, 15) is 4.79 Å². The predicted octanol–water partition coefficient (Wildman–Crippen LogP) is 5.45. The Kier molecular flexibility index (Phi) is 5.50. The Bertz CT molecular complexity index is 651. The quantitative estimate of drug-likeness (QED) is 0.762. The number of carbonyl (C=O) groups is 1. The summed E-state index contributed by atoms with van der Waals surface area (Å²) in [6.45, 7) is 6.14. The lowest BCUT2D eigenvalue weighted by atomic mass is 10.0. The van der Waals surface area contributed by atoms with Crippen LogP contribution in [0.3, 0.4) is 0 Å². The van der Waals surface area contributed by atoms with Crippen LogP contribution in [0.15, 0.2) is 47.4 Å². The number of amides is 1. The summed E-state index contributed by atoms with van der Waals surface area (Å²) in [5.74, 6) is 0.914. The van der Waals surface area contributed by atoms with E-state index in [2.05, 4.69) is 19.2 Å². The highest BCUT2D eigenvalue weighted by Gasteiger charge is 2.12. The second kappa shape index (κ2) is 7.36. The lowest BCUT2D eigenvalue weighted by molar-refractivity contribution is 0.214. The first-order valence-corrected chi connectivity index (χ1v) is 8.45. The van der Waals surface area contributed by atoms with Gasteiger partial charge < -0.3 is 4.74 Å². The summed E-state index contributed by atoms with van der Waals surface area (Å²) in [6, 6.07) is 13.6. The highest BCUT2D eigenvalue weighted by atomic mass is 32.2. The van der Waals surface area contributed by atoms with Crippen molar-refractivity contribution < 1.29 is 9.53 Å². The summed E-state index contributed by atoms with van der Waals surface area (Å²) in [5.41, 5.74) is 2.82. The molecule has 0 aliphatic carbocycles. The molecule has 0 aliphatic rings. The molecule has 4 heteroatoms. The average molecular weight is 315 g/mol. The van der Waals surface area contributed by atoms with Gasteiger partial charge in [-0.05, 0) is 60.6 Å². The minimum Gasteiger partial charge on any atom is -0.410 e. The summed E-state index contributed by atoms with van der Waals surface area (Å²) in [7, 11) is 0. The molecule has 0 spiro atoms. The van der Waals surface area contributed by atoms with Crippen LogP contribution >= 0.6 is 11.8 Å². The molecular formula is C18H21NO2S. The minimum absolute atomic E-state index is 0.296. The fourth-order valence-corrected chi connectivity index (χ4v) is 2.53. The van der Waals surface area contributed by atoms with Crippen LogP contribution in [-0.2, 0) is 0 Å². The average Bonchev–Trinajstić information content (AvgIpc) is 2.47. The van der Waals surface area contributed by atoms with E-state index in [0.29, 0.717) is 11.7 Å². The van der Waals surface area contributed by atoms with E-state index in [4.69, 9.17) is 4.74 Å². The Morgan fingerprint density at radius 3 is 2.41 bits per heavy atom. The molecule has 0 aliphatic heterocycles. The van der Waals surface area contributed by atoms with E-state index in [-0.39, 0.29) is 0 Å². The standard InChI is InChI=1S/C18H21NO2S/c1-12(2)16-10-5-13(3)11-17(16)21-18(20)19-14-6-8-15(22-4)9-7-14/h5-12H,1-4H3,(H,19,20). The third-order valence-electron chi connectivity index (χ3n) is 3.33. The van der Waals surface area contributed by atoms with E-state index in [0.717, 1.165) is 21.7 Å². The molecule has 0 radical (unpaired) electrons. The predicted molar refractivity (Wildman–Crippen MR) is 93.1 cm³/mol. The largest absolute Gasteiger partial charge is 0.417 e. The second-order valence-corrected chi connectivity index (χ2v) is 6.32. The van der Waals surface area contributed by atoms with Gasteiger partial charge in [0.05, 0.1) is 0 Å². The number of nitrogens with one attached hydrogen (secondary N) is 1. The number of hydrogen-bond donors (Lipinski definition) is 1. The Morgan fingerprint density at radius 1 is 1.14 bits per heavy atom. The molecule has 0 unspecified atom stereocenters. The van der Waals surface area contributed by atoms with Crippen molar-refractivity contribution in [2.45, 2.75) is 31.6 Å². The number of ether oxygens (including phenoxy) is 1. The first-order chi connectivity index (χ1) is 10.5. The fraction of sp³-hybridized carbons (Fsp3) is 0.278. The van der Waals surface area contributed by atoms with Gasteiger partial charge in [0, 0.05) is 10.6 Å². The Labute approximate surface area is 136 Å². The number of carbonyl (C=O) groups excluding carboxylic acids is 1. The van der Waals surface area contributed by atoms with Crippen molar-refractivity contribution in [3.8, 4) is 5.75 Å². The summed E-state index contributed by atoms with van der Waals surface area (Å²) in [4.78, 5) is 13.2. The number of aryl methyl sites for hydroxylation is 1. The zero-order valence-corrected chi connectivity index (χ0v) is 14.2. The Balaban J connectivity index is 2.09. The van der Waals surface area contributed by atoms with Gasteiger partial charge in [-0.3, -0.25) is 5.32 Å². The van der Waals surface area contributed by atoms with E-state index in [1.807, 2.05) is 55.6 Å². The number of anilines is 1. The van der Waals surface area contributed by atoms with Crippen molar-refractivity contribution in [2.24, 2.45) is 0 Å². The van der Waals surface area contributed by atoms with Crippen molar-refractivity contribution in [3.05, 3.63) is 53.6 Å². The molecule has 2 aromatic carbocycles. The maximum absolute atomic E-state index is 12.1. The van der Waals surface area contributed by atoms with Crippen LogP contribution in [0, 0.1) is 6.92 Å². The van der Waals surface area contributed by atoms with Gasteiger partial charge in [0.25, 0.3) is 0 Å². The zero-order valence-electron chi connectivity index (χ0n) is 13.3. The smallest absolute Gasteiger partial charge is 0.410 e. The van der Waals surface area contributed by atoms with Crippen LogP contribution in [0.25, 0.3) is 0 Å². The van der Waals surface area contributed by atoms with Gasteiger partial charge in [-0.2, -0.15) is 0 Å². The summed E-state index contributed by atoms with van der Waals surface area (Å²) < 4.78 is 5.49. The first-order valence-electron chi connectivity index (χ1n) is 7.23. The molecule has 0 bridgehead atoms. The van der Waals surface area contributed by atoms with Crippen LogP contribution in [0.5, 0.6) is 5.75 Å². The van der Waals surface area contributed by atoms with Gasteiger partial charge in [-0.1, -0.05) is 26.0 Å². The molecule has 22 heavy (non-hydrogen) atoms. The van der Waals surface area contributed by atoms with Gasteiger partial charge in [0.1, 0.15) is 5.75 Å². The van der Waals surface area contributed by atoms with Gasteiger partial charge >= 0.3 is 6.09 Å². The first kappa shape index (κ1) is 16.4. The molecule has 0 heterocycles. The molecule has 116 valence electrons. The summed E-state index contributed by atoms with van der Waals surface area (Å²) in [6.07, 6.45) is 1.55. The molecule has 2 aromatic rings. The third-order valence-corrected chi connectivity index (χ3v) is 4.07. The highest BCUT2D eigenvalue weighted by Crippen LogP contribution is 2.28. The summed E-state index contributed by atoms with van der Waals surface area (Å²) in [5, 5.41) is 2.76. The molecule has 0 fully saturated rings. The summed E-state index contributed by atoms with van der Waals surface area (Å²) >= 11 is 1.66. The molecule has 1 amide bonds. The molecule has 0 saturated carbocycles. The zero-order chi connectivity index (χ0) is 16.1. The SMILES string of the molecule is CSc1ccc(NC(=O)Oc2cc(C)ccc2C(C)C)cc1. The van der Waals surface area contributed by atoms with Gasteiger partial charge in [0.2, 0.25) is 0 Å². The lowest BCUT2D eigenvalue weighted by Crippen LogP contribution is -2.17. The van der Waals surface area contributed by atoms with E-state index in [1.54, 1.807) is 11.8 Å². The maximum atomic E-state index is 12.1. The lowest BCUT2D eigenvalue weighted by Gasteiger charge is -2.14. The Hall–Kier alpha value is -1.94. The van der Waals surface area contributed by atoms with Crippen molar-refractivity contribution in [2.75, 3.05) is 11.6 Å². The van der Waals surface area contributed by atoms with E-state index < -0.39 is 6.09 Å². The number of thioether (sulfide) groups is 1. The molecule has 3 nitrogen and oxygen atoms in total. The molecule has 0 saturated heterocycles. The number of hydrogen-bond acceptors (Lipinski definition) is 3. The van der Waals surface area contributed by atoms with Crippen molar-refractivity contribution in [1.29, 1.82) is 0 Å². The molecule has 1 N–H and O–H groups in total. The molecule has 2 rings (SSSR count).